The lowest BCUT2D eigenvalue weighted by molar-refractivity contribution is -0.331. The Hall–Kier alpha value is -0.846. The largest absolute Gasteiger partial charge is 0.408 e. The first-order chi connectivity index (χ1) is 17.0. The second kappa shape index (κ2) is 11.3. The van der Waals surface area contributed by atoms with Gasteiger partial charge >= 0.3 is 0 Å². The summed E-state index contributed by atoms with van der Waals surface area (Å²) < 4.78 is 33.6. The molecule has 0 unspecified atom stereocenters. The quantitative estimate of drug-likeness (QED) is 0.291. The zero-order chi connectivity index (χ0) is 27.8. The minimum Gasteiger partial charge on any atom is -0.408 e. The molecule has 0 saturated carbocycles. The number of aliphatic hydroxyl groups is 1. The van der Waals surface area contributed by atoms with Gasteiger partial charge in [0.15, 0.2) is 22.9 Å². The van der Waals surface area contributed by atoms with E-state index in [0.717, 1.165) is 5.56 Å². The van der Waals surface area contributed by atoms with Crippen molar-refractivity contribution in [1.29, 1.82) is 0 Å². The molecule has 1 aromatic carbocycles. The summed E-state index contributed by atoms with van der Waals surface area (Å²) in [6.45, 7) is 26.6. The summed E-state index contributed by atoms with van der Waals surface area (Å²) in [7, 11) is -4.53. The number of ether oxygens (including phenoxy) is 3. The Morgan fingerprint density at radius 1 is 0.946 bits per heavy atom. The molecular weight excluding hydrogens is 500 g/mol. The van der Waals surface area contributed by atoms with Gasteiger partial charge in [-0.1, -0.05) is 78.0 Å². The van der Waals surface area contributed by atoms with E-state index < -0.39 is 53.4 Å². The lowest BCUT2D eigenvalue weighted by Crippen LogP contribution is -2.69. The van der Waals surface area contributed by atoms with Crippen molar-refractivity contribution in [3.63, 3.8) is 0 Å². The molecule has 3 rings (SSSR count). The molecule has 2 fully saturated rings. The summed E-state index contributed by atoms with van der Waals surface area (Å²) in [6.07, 6.45) is -1.40. The van der Waals surface area contributed by atoms with Gasteiger partial charge in [0.05, 0.1) is 12.7 Å². The maximum Gasteiger partial charge on any atom is 0.192 e. The monoisotopic (exact) mass is 550 g/mol. The van der Waals surface area contributed by atoms with Crippen LogP contribution in [0.4, 0.5) is 0 Å². The van der Waals surface area contributed by atoms with E-state index in [-0.39, 0.29) is 16.2 Å². The molecule has 1 aromatic rings. The number of benzene rings is 1. The Kier molecular flexibility index (Phi) is 9.40. The molecule has 37 heavy (non-hydrogen) atoms. The van der Waals surface area contributed by atoms with Gasteiger partial charge in [0.2, 0.25) is 0 Å². The average Bonchev–Trinajstić information content (AvgIpc) is 2.79. The summed E-state index contributed by atoms with van der Waals surface area (Å²) >= 11 is 0. The first kappa shape index (κ1) is 30.7. The first-order valence-electron chi connectivity index (χ1n) is 13.6. The Morgan fingerprint density at radius 2 is 1.49 bits per heavy atom. The van der Waals surface area contributed by atoms with Crippen LogP contribution >= 0.6 is 0 Å². The average molecular weight is 551 g/mol. The third-order valence-electron chi connectivity index (χ3n) is 8.70. The van der Waals surface area contributed by atoms with Gasteiger partial charge in [-0.05, 0) is 42.7 Å². The normalized spacial score (nSPS) is 30.5. The molecule has 0 bridgehead atoms. The Morgan fingerprint density at radius 3 is 2.00 bits per heavy atom. The van der Waals surface area contributed by atoms with E-state index >= 15 is 0 Å². The van der Waals surface area contributed by atoms with Crippen molar-refractivity contribution < 1.29 is 28.2 Å². The van der Waals surface area contributed by atoms with E-state index in [0.29, 0.717) is 13.0 Å². The standard InChI is InChI=1S/C29H50O6Si2/c1-12-16-21(30)23-25(34-36(8,9)28(2,3)4)26(35-37(10,11)29(5,6)7)24-22(32-23)19-31-27(33-24)20-17-14-13-15-18-20/h12-15,17-18,21-27,30H,1,16,19H2,2-11H3/t21-,22-,23-,24-,25-,26+,27-/m1/s1. The van der Waals surface area contributed by atoms with Crippen molar-refractivity contribution >= 4 is 16.6 Å². The third kappa shape index (κ3) is 6.84. The van der Waals surface area contributed by atoms with E-state index in [2.05, 4.69) is 74.3 Å². The molecule has 0 amide bonds. The second-order valence-corrected chi connectivity index (χ2v) is 23.1. The van der Waals surface area contributed by atoms with Crippen LogP contribution in [0.5, 0.6) is 0 Å². The van der Waals surface area contributed by atoms with Crippen molar-refractivity contribution in [2.45, 2.75) is 127 Å². The van der Waals surface area contributed by atoms with Gasteiger partial charge in [0.25, 0.3) is 0 Å². The fourth-order valence-electron chi connectivity index (χ4n) is 4.31. The van der Waals surface area contributed by atoms with Gasteiger partial charge in [0.1, 0.15) is 30.5 Å². The lowest BCUT2D eigenvalue weighted by atomic mass is 9.90. The minimum atomic E-state index is -2.27. The first-order valence-corrected chi connectivity index (χ1v) is 19.4. The fraction of sp³-hybridized carbons (Fsp3) is 0.724. The van der Waals surface area contributed by atoms with Crippen LogP contribution in [-0.4, -0.2) is 65.0 Å². The number of fused-ring (bicyclic) bond motifs is 1. The SMILES string of the molecule is C=CC[C@@H](O)[C@H]1O[C@@H]2CO[C@@H](c3ccccc3)O[C@H]2[C@H](O[Si](C)(C)C(C)(C)C)[C@@H]1O[Si](C)(C)C(C)(C)C. The molecule has 2 aliphatic rings. The highest BCUT2D eigenvalue weighted by molar-refractivity contribution is 6.74. The highest BCUT2D eigenvalue weighted by Gasteiger charge is 2.57. The van der Waals surface area contributed by atoms with Crippen molar-refractivity contribution in [2.24, 2.45) is 0 Å². The van der Waals surface area contributed by atoms with Gasteiger partial charge in [-0.15, -0.1) is 6.58 Å². The summed E-state index contributed by atoms with van der Waals surface area (Å²) in [5, 5.41) is 11.2. The van der Waals surface area contributed by atoms with Crippen LogP contribution in [0.25, 0.3) is 0 Å². The number of aliphatic hydroxyl groups excluding tert-OH is 1. The van der Waals surface area contributed by atoms with Crippen molar-refractivity contribution in [3.05, 3.63) is 48.6 Å². The predicted molar refractivity (Wildman–Crippen MR) is 154 cm³/mol. The summed E-state index contributed by atoms with van der Waals surface area (Å²) in [4.78, 5) is 0. The number of hydrogen-bond acceptors (Lipinski definition) is 6. The molecule has 2 saturated heterocycles. The molecule has 7 atom stereocenters. The van der Waals surface area contributed by atoms with Crippen molar-refractivity contribution in [2.75, 3.05) is 6.61 Å². The maximum absolute atomic E-state index is 11.3. The second-order valence-electron chi connectivity index (χ2n) is 13.6. The number of hydrogen-bond donors (Lipinski definition) is 1. The summed E-state index contributed by atoms with van der Waals surface area (Å²) in [5.41, 5.74) is 0.961. The highest BCUT2D eigenvalue weighted by atomic mass is 28.4. The van der Waals surface area contributed by atoms with Crippen molar-refractivity contribution in [3.8, 4) is 0 Å². The minimum absolute atomic E-state index is 0.0123. The predicted octanol–water partition coefficient (Wildman–Crippen LogP) is 6.59. The molecule has 0 aliphatic carbocycles. The third-order valence-corrected chi connectivity index (χ3v) is 17.6. The summed E-state index contributed by atoms with van der Waals surface area (Å²) in [6, 6.07) is 9.98. The Labute approximate surface area is 226 Å². The van der Waals surface area contributed by atoms with Crippen LogP contribution in [0.1, 0.15) is 59.8 Å². The molecule has 8 heteroatoms. The van der Waals surface area contributed by atoms with Crippen LogP contribution in [-0.2, 0) is 23.1 Å². The van der Waals surface area contributed by atoms with Gasteiger partial charge in [-0.25, -0.2) is 0 Å². The molecule has 0 spiro atoms. The van der Waals surface area contributed by atoms with Crippen LogP contribution in [0.2, 0.25) is 36.3 Å². The van der Waals surface area contributed by atoms with Gasteiger partial charge < -0.3 is 28.2 Å². The lowest BCUT2D eigenvalue weighted by Gasteiger charge is -2.55. The zero-order valence-electron chi connectivity index (χ0n) is 24.6. The van der Waals surface area contributed by atoms with Gasteiger partial charge in [0, 0.05) is 5.56 Å². The topological polar surface area (TPSA) is 66.4 Å². The molecular formula is C29H50O6Si2. The smallest absolute Gasteiger partial charge is 0.192 e. The fourth-order valence-corrected chi connectivity index (χ4v) is 6.91. The van der Waals surface area contributed by atoms with Crippen LogP contribution in [0, 0.1) is 0 Å². The van der Waals surface area contributed by atoms with E-state index in [1.807, 2.05) is 30.3 Å². The molecule has 210 valence electrons. The summed E-state index contributed by atoms with van der Waals surface area (Å²) in [5.74, 6) is 0. The van der Waals surface area contributed by atoms with Crippen molar-refractivity contribution in [1.82, 2.24) is 0 Å². The van der Waals surface area contributed by atoms with E-state index in [1.165, 1.54) is 0 Å². The Bertz CT molecular complexity index is 892. The van der Waals surface area contributed by atoms with Gasteiger partial charge in [-0.2, -0.15) is 0 Å². The molecule has 2 aliphatic heterocycles. The van der Waals surface area contributed by atoms with Crippen LogP contribution in [0.3, 0.4) is 0 Å². The highest BCUT2D eigenvalue weighted by Crippen LogP contribution is 2.45. The van der Waals surface area contributed by atoms with Crippen LogP contribution < -0.4 is 0 Å². The Balaban J connectivity index is 2.07. The number of rotatable bonds is 8. The maximum atomic E-state index is 11.3. The molecule has 0 radical (unpaired) electrons. The molecule has 2 heterocycles. The van der Waals surface area contributed by atoms with E-state index in [1.54, 1.807) is 6.08 Å². The molecule has 1 N–H and O–H groups in total. The molecule has 6 nitrogen and oxygen atoms in total. The zero-order valence-corrected chi connectivity index (χ0v) is 26.6. The molecule has 0 aromatic heterocycles. The van der Waals surface area contributed by atoms with E-state index in [9.17, 15) is 5.11 Å². The van der Waals surface area contributed by atoms with Crippen LogP contribution in [0.15, 0.2) is 43.0 Å². The van der Waals surface area contributed by atoms with E-state index in [4.69, 9.17) is 23.1 Å². The van der Waals surface area contributed by atoms with Gasteiger partial charge in [-0.3, -0.25) is 0 Å².